The molecule has 0 aliphatic heterocycles. The van der Waals surface area contributed by atoms with E-state index < -0.39 is 0 Å². The Morgan fingerprint density at radius 2 is 2.04 bits per heavy atom. The van der Waals surface area contributed by atoms with Gasteiger partial charge in [0, 0.05) is 30.8 Å². The average molecular weight is 376 g/mol. The van der Waals surface area contributed by atoms with E-state index in [2.05, 4.69) is 34.7 Å². The van der Waals surface area contributed by atoms with Crippen LogP contribution in [0.2, 0.25) is 0 Å². The van der Waals surface area contributed by atoms with Crippen molar-refractivity contribution < 1.29 is 9.59 Å². The van der Waals surface area contributed by atoms with Crippen LogP contribution < -0.4 is 10.6 Å². The number of aryl methyl sites for hydroxylation is 1. The summed E-state index contributed by atoms with van der Waals surface area (Å²) in [4.78, 5) is 29.0. The van der Waals surface area contributed by atoms with Crippen molar-refractivity contribution in [2.24, 2.45) is 5.92 Å². The van der Waals surface area contributed by atoms with Gasteiger partial charge in [-0.2, -0.15) is 0 Å². The van der Waals surface area contributed by atoms with Gasteiger partial charge in [0.2, 0.25) is 5.91 Å². The molecule has 28 heavy (non-hydrogen) atoms. The third kappa shape index (κ3) is 3.76. The molecule has 0 radical (unpaired) electrons. The lowest BCUT2D eigenvalue weighted by Gasteiger charge is -2.17. The number of carbonyl (C=O) groups is 2. The summed E-state index contributed by atoms with van der Waals surface area (Å²) in [5.74, 6) is 0.183. The Morgan fingerprint density at radius 1 is 1.21 bits per heavy atom. The van der Waals surface area contributed by atoms with Crippen LogP contribution in [0.25, 0.3) is 16.7 Å². The highest BCUT2D eigenvalue weighted by atomic mass is 16.2. The standard InChI is InChI=1S/C22H24N4O2/c1-14-4-3-5-17(10-14)26-13-24-19-11-16(8-9-20(19)26)22(28)25-18(15-6-7-15)12-21(27)23-2/h3-5,8-11,13,15,18H,6-7,12H2,1-2H3,(H,23,27)(H,25,28)/t18-/m0/s1. The molecule has 1 aromatic heterocycles. The van der Waals surface area contributed by atoms with E-state index in [-0.39, 0.29) is 17.9 Å². The van der Waals surface area contributed by atoms with Gasteiger partial charge in [0.05, 0.1) is 11.0 Å². The summed E-state index contributed by atoms with van der Waals surface area (Å²) >= 11 is 0. The first-order valence-electron chi connectivity index (χ1n) is 9.61. The van der Waals surface area contributed by atoms with Gasteiger partial charge < -0.3 is 10.6 Å². The van der Waals surface area contributed by atoms with Crippen molar-refractivity contribution in [3.63, 3.8) is 0 Å². The van der Waals surface area contributed by atoms with Crippen molar-refractivity contribution in [2.75, 3.05) is 7.05 Å². The lowest BCUT2D eigenvalue weighted by molar-refractivity contribution is -0.121. The quantitative estimate of drug-likeness (QED) is 0.694. The number of fused-ring (bicyclic) bond motifs is 1. The molecular weight excluding hydrogens is 352 g/mol. The number of amides is 2. The number of nitrogens with zero attached hydrogens (tertiary/aromatic N) is 2. The molecule has 2 amide bonds. The molecule has 0 saturated heterocycles. The fraction of sp³-hybridized carbons (Fsp3) is 0.318. The maximum Gasteiger partial charge on any atom is 0.251 e. The normalized spacial score (nSPS) is 14.6. The highest BCUT2D eigenvalue weighted by Crippen LogP contribution is 2.34. The molecule has 1 aliphatic carbocycles. The summed E-state index contributed by atoms with van der Waals surface area (Å²) in [6, 6.07) is 13.6. The Hall–Kier alpha value is -3.15. The molecule has 1 saturated carbocycles. The second kappa shape index (κ2) is 7.46. The number of imidazole rings is 1. The molecule has 2 N–H and O–H groups in total. The van der Waals surface area contributed by atoms with Gasteiger partial charge in [-0.05, 0) is 61.6 Å². The van der Waals surface area contributed by atoms with E-state index in [0.29, 0.717) is 17.9 Å². The SMILES string of the molecule is CNC(=O)C[C@H](NC(=O)c1ccc2c(c1)ncn2-c1cccc(C)c1)C1CC1. The number of rotatable bonds is 6. The summed E-state index contributed by atoms with van der Waals surface area (Å²) < 4.78 is 2.02. The summed E-state index contributed by atoms with van der Waals surface area (Å²) in [5.41, 5.74) is 4.50. The summed E-state index contributed by atoms with van der Waals surface area (Å²) in [5, 5.41) is 5.67. The maximum atomic E-state index is 12.7. The zero-order chi connectivity index (χ0) is 19.7. The van der Waals surface area contributed by atoms with Crippen LogP contribution in [0.1, 0.15) is 35.2 Å². The summed E-state index contributed by atoms with van der Waals surface area (Å²) in [7, 11) is 1.62. The van der Waals surface area contributed by atoms with Gasteiger partial charge in [0.15, 0.2) is 0 Å². The molecule has 4 rings (SSSR count). The first-order chi connectivity index (χ1) is 13.5. The first kappa shape index (κ1) is 18.2. The monoisotopic (exact) mass is 376 g/mol. The van der Waals surface area contributed by atoms with Gasteiger partial charge in [-0.15, -0.1) is 0 Å². The number of aromatic nitrogens is 2. The van der Waals surface area contributed by atoms with Crippen LogP contribution in [0.15, 0.2) is 48.8 Å². The third-order valence-corrected chi connectivity index (χ3v) is 5.28. The van der Waals surface area contributed by atoms with Gasteiger partial charge >= 0.3 is 0 Å². The molecule has 2 aromatic carbocycles. The van der Waals surface area contributed by atoms with Crippen LogP contribution in [-0.4, -0.2) is 34.5 Å². The largest absolute Gasteiger partial charge is 0.359 e. The van der Waals surface area contributed by atoms with Crippen LogP contribution in [-0.2, 0) is 4.79 Å². The van der Waals surface area contributed by atoms with Crippen LogP contribution in [0.4, 0.5) is 0 Å². The fourth-order valence-electron chi connectivity index (χ4n) is 3.53. The Morgan fingerprint density at radius 3 is 2.75 bits per heavy atom. The van der Waals surface area contributed by atoms with Crippen LogP contribution in [0, 0.1) is 12.8 Å². The van der Waals surface area contributed by atoms with E-state index >= 15 is 0 Å². The molecule has 3 aromatic rings. The van der Waals surface area contributed by atoms with Crippen molar-refractivity contribution in [3.8, 4) is 5.69 Å². The van der Waals surface area contributed by atoms with E-state index in [1.165, 1.54) is 5.56 Å². The van der Waals surface area contributed by atoms with Crippen LogP contribution >= 0.6 is 0 Å². The van der Waals surface area contributed by atoms with Crippen LogP contribution in [0.3, 0.4) is 0 Å². The fourth-order valence-corrected chi connectivity index (χ4v) is 3.53. The molecular formula is C22H24N4O2. The third-order valence-electron chi connectivity index (χ3n) is 5.28. The molecule has 1 atom stereocenters. The molecule has 6 heteroatoms. The van der Waals surface area contributed by atoms with Crippen molar-refractivity contribution >= 4 is 22.8 Å². The summed E-state index contributed by atoms with van der Waals surface area (Å²) in [6.07, 6.45) is 4.21. The Bertz CT molecular complexity index is 1040. The van der Waals surface area contributed by atoms with E-state index in [0.717, 1.165) is 29.6 Å². The Labute approximate surface area is 164 Å². The molecule has 1 aliphatic rings. The second-order valence-electron chi connectivity index (χ2n) is 7.45. The minimum atomic E-state index is -0.159. The predicted octanol–water partition coefficient (Wildman–Crippen LogP) is 2.98. The van der Waals surface area contributed by atoms with Crippen molar-refractivity contribution in [1.82, 2.24) is 20.2 Å². The van der Waals surface area contributed by atoms with Crippen molar-refractivity contribution in [1.29, 1.82) is 0 Å². The maximum absolute atomic E-state index is 12.7. The minimum Gasteiger partial charge on any atom is -0.359 e. The Kier molecular flexibility index (Phi) is 4.86. The van der Waals surface area contributed by atoms with Gasteiger partial charge in [-0.25, -0.2) is 4.98 Å². The topological polar surface area (TPSA) is 76.0 Å². The predicted molar refractivity (Wildman–Crippen MR) is 108 cm³/mol. The van der Waals surface area contributed by atoms with Gasteiger partial charge in [-0.1, -0.05) is 12.1 Å². The zero-order valence-corrected chi connectivity index (χ0v) is 16.1. The summed E-state index contributed by atoms with van der Waals surface area (Å²) in [6.45, 7) is 2.06. The molecule has 1 fully saturated rings. The number of hydrogen-bond acceptors (Lipinski definition) is 3. The van der Waals surface area contributed by atoms with Crippen molar-refractivity contribution in [3.05, 3.63) is 59.9 Å². The van der Waals surface area contributed by atoms with E-state index in [1.807, 2.05) is 28.8 Å². The lowest BCUT2D eigenvalue weighted by Crippen LogP contribution is -2.40. The Balaban J connectivity index is 1.56. The smallest absolute Gasteiger partial charge is 0.251 e. The number of carbonyl (C=O) groups excluding carboxylic acids is 2. The minimum absolute atomic E-state index is 0.0513. The molecule has 0 spiro atoms. The van der Waals surface area contributed by atoms with E-state index in [4.69, 9.17) is 0 Å². The number of nitrogens with one attached hydrogen (secondary N) is 2. The van der Waals surface area contributed by atoms with E-state index in [9.17, 15) is 9.59 Å². The average Bonchev–Trinajstić information content (AvgIpc) is 3.46. The van der Waals surface area contributed by atoms with Crippen LogP contribution in [0.5, 0.6) is 0 Å². The van der Waals surface area contributed by atoms with Gasteiger partial charge in [-0.3, -0.25) is 14.2 Å². The second-order valence-corrected chi connectivity index (χ2v) is 7.45. The van der Waals surface area contributed by atoms with Gasteiger partial charge in [0.1, 0.15) is 6.33 Å². The highest BCUT2D eigenvalue weighted by molar-refractivity contribution is 5.98. The molecule has 144 valence electrons. The molecule has 0 bridgehead atoms. The van der Waals surface area contributed by atoms with E-state index in [1.54, 1.807) is 19.4 Å². The lowest BCUT2D eigenvalue weighted by atomic mass is 10.1. The highest BCUT2D eigenvalue weighted by Gasteiger charge is 2.33. The van der Waals surface area contributed by atoms with Crippen molar-refractivity contribution in [2.45, 2.75) is 32.2 Å². The molecule has 0 unspecified atom stereocenters. The molecule has 1 heterocycles. The number of hydrogen-bond donors (Lipinski definition) is 2. The van der Waals surface area contributed by atoms with Gasteiger partial charge in [0.25, 0.3) is 5.91 Å². The first-order valence-corrected chi connectivity index (χ1v) is 9.61. The zero-order valence-electron chi connectivity index (χ0n) is 16.1. The molecule has 6 nitrogen and oxygen atoms in total. The number of benzene rings is 2.